The van der Waals surface area contributed by atoms with Crippen molar-refractivity contribution in [2.45, 2.75) is 0 Å². The van der Waals surface area contributed by atoms with Crippen LogP contribution >= 0.6 is 0 Å². The Balaban J connectivity index is 1.25. The van der Waals surface area contributed by atoms with E-state index in [9.17, 15) is 14.3 Å². The van der Waals surface area contributed by atoms with Crippen LogP contribution in [0.3, 0.4) is 0 Å². The monoisotopic (exact) mass is 541 g/mol. The average Bonchev–Trinajstić information content (AvgIpc) is 3.61. The van der Waals surface area contributed by atoms with Gasteiger partial charge in [-0.25, -0.2) is 4.39 Å². The summed E-state index contributed by atoms with van der Waals surface area (Å²) in [6, 6.07) is 20.3. The standard InChI is InChI=1S/C31H20FN7O2/c32-20-8-18(10-22(40)11-20)29-23-13-27(37-25(23)6-7-34-29)30-24-12-26(35-16-28(24)38-39-30)19-9-21(15-33-14-19)36-31(41)17-4-2-1-3-5-17/h1-16,37,40H,(H,36,41)(H,38,39). The summed E-state index contributed by atoms with van der Waals surface area (Å²) in [6.07, 6.45) is 6.59. The van der Waals surface area contributed by atoms with Crippen molar-refractivity contribution in [3.63, 3.8) is 0 Å². The number of aromatic hydroxyl groups is 1. The number of nitrogens with zero attached hydrogens (tertiary/aromatic N) is 4. The molecule has 41 heavy (non-hydrogen) atoms. The molecular weight excluding hydrogens is 521 g/mol. The van der Waals surface area contributed by atoms with Gasteiger partial charge >= 0.3 is 0 Å². The molecule has 9 nitrogen and oxygen atoms in total. The van der Waals surface area contributed by atoms with Gasteiger partial charge in [0, 0.05) is 51.4 Å². The lowest BCUT2D eigenvalue weighted by Crippen LogP contribution is -2.11. The van der Waals surface area contributed by atoms with Crippen LogP contribution in [0, 0.1) is 5.82 Å². The molecule has 5 heterocycles. The van der Waals surface area contributed by atoms with E-state index in [1.807, 2.05) is 42.5 Å². The minimum atomic E-state index is -0.550. The molecule has 1 amide bonds. The quantitative estimate of drug-likeness (QED) is 0.201. The summed E-state index contributed by atoms with van der Waals surface area (Å²) < 4.78 is 14.0. The molecule has 0 spiro atoms. The van der Waals surface area contributed by atoms with E-state index < -0.39 is 5.82 Å². The van der Waals surface area contributed by atoms with Gasteiger partial charge in [-0.05, 0) is 48.5 Å². The fourth-order valence-corrected chi connectivity index (χ4v) is 4.84. The summed E-state index contributed by atoms with van der Waals surface area (Å²) in [5.41, 5.74) is 6.36. The molecule has 0 bridgehead atoms. The number of phenols is 1. The van der Waals surface area contributed by atoms with Crippen LogP contribution < -0.4 is 5.32 Å². The fourth-order valence-electron chi connectivity index (χ4n) is 4.84. The highest BCUT2D eigenvalue weighted by Gasteiger charge is 2.16. The van der Waals surface area contributed by atoms with Crippen molar-refractivity contribution in [1.29, 1.82) is 0 Å². The smallest absolute Gasteiger partial charge is 0.255 e. The molecule has 0 aliphatic carbocycles. The maximum atomic E-state index is 14.0. The van der Waals surface area contributed by atoms with Gasteiger partial charge in [0.25, 0.3) is 5.91 Å². The number of rotatable bonds is 5. The van der Waals surface area contributed by atoms with Crippen LogP contribution in [0.15, 0.2) is 97.6 Å². The molecule has 0 radical (unpaired) electrons. The van der Waals surface area contributed by atoms with Crippen LogP contribution in [0.5, 0.6) is 5.75 Å². The van der Waals surface area contributed by atoms with E-state index >= 15 is 0 Å². The topological polar surface area (TPSA) is 132 Å². The van der Waals surface area contributed by atoms with Crippen molar-refractivity contribution in [2.75, 3.05) is 5.32 Å². The van der Waals surface area contributed by atoms with Crippen molar-refractivity contribution in [1.82, 2.24) is 30.1 Å². The molecule has 0 atom stereocenters. The number of benzene rings is 2. The summed E-state index contributed by atoms with van der Waals surface area (Å²) in [6.45, 7) is 0. The highest BCUT2D eigenvalue weighted by molar-refractivity contribution is 6.04. The van der Waals surface area contributed by atoms with Gasteiger partial charge < -0.3 is 15.4 Å². The van der Waals surface area contributed by atoms with Crippen LogP contribution in [0.4, 0.5) is 10.1 Å². The number of H-pyrrole nitrogens is 2. The number of pyridine rings is 3. The molecule has 2 aromatic carbocycles. The molecule has 5 aromatic heterocycles. The number of fused-ring (bicyclic) bond motifs is 2. The number of anilines is 1. The molecule has 10 heteroatoms. The number of carbonyl (C=O) groups is 1. The number of carbonyl (C=O) groups excluding carboxylic acids is 1. The molecule has 0 saturated heterocycles. The van der Waals surface area contributed by atoms with Gasteiger partial charge in [-0.3, -0.25) is 24.8 Å². The molecule has 0 unspecified atom stereocenters. The van der Waals surface area contributed by atoms with Gasteiger partial charge in [0.1, 0.15) is 17.3 Å². The summed E-state index contributed by atoms with van der Waals surface area (Å²) in [7, 11) is 0. The Kier molecular flexibility index (Phi) is 5.71. The maximum Gasteiger partial charge on any atom is 0.255 e. The van der Waals surface area contributed by atoms with E-state index in [2.05, 4.69) is 35.5 Å². The first kappa shape index (κ1) is 24.2. The Morgan fingerprint density at radius 3 is 2.54 bits per heavy atom. The van der Waals surface area contributed by atoms with Crippen molar-refractivity contribution in [2.24, 2.45) is 0 Å². The third-order valence-corrected chi connectivity index (χ3v) is 6.73. The molecule has 0 saturated carbocycles. The Morgan fingerprint density at radius 1 is 0.829 bits per heavy atom. The lowest BCUT2D eigenvalue weighted by Gasteiger charge is -2.07. The van der Waals surface area contributed by atoms with Crippen LogP contribution in [-0.4, -0.2) is 41.1 Å². The van der Waals surface area contributed by atoms with Gasteiger partial charge in [-0.15, -0.1) is 0 Å². The number of hydrogen-bond acceptors (Lipinski definition) is 6. The minimum Gasteiger partial charge on any atom is -0.508 e. The fraction of sp³-hybridized carbons (Fsp3) is 0. The summed E-state index contributed by atoms with van der Waals surface area (Å²) in [5, 5.41) is 21.9. The van der Waals surface area contributed by atoms with Gasteiger partial charge in [0.05, 0.1) is 40.7 Å². The van der Waals surface area contributed by atoms with Gasteiger partial charge in [0.15, 0.2) is 0 Å². The van der Waals surface area contributed by atoms with Crippen molar-refractivity contribution >= 4 is 33.4 Å². The zero-order valence-corrected chi connectivity index (χ0v) is 21.3. The van der Waals surface area contributed by atoms with Crippen LogP contribution in [0.1, 0.15) is 10.4 Å². The molecule has 198 valence electrons. The first-order chi connectivity index (χ1) is 20.0. The number of aromatic amines is 2. The molecular formula is C31H20FN7O2. The lowest BCUT2D eigenvalue weighted by atomic mass is 10.1. The molecule has 0 aliphatic rings. The zero-order chi connectivity index (χ0) is 27.9. The molecule has 7 aromatic rings. The number of halogens is 1. The second kappa shape index (κ2) is 9.69. The van der Waals surface area contributed by atoms with Gasteiger partial charge in [-0.1, -0.05) is 18.2 Å². The lowest BCUT2D eigenvalue weighted by molar-refractivity contribution is 0.102. The normalized spacial score (nSPS) is 11.2. The number of amides is 1. The average molecular weight is 542 g/mol. The predicted octanol–water partition coefficient (Wildman–Crippen LogP) is 6.33. The van der Waals surface area contributed by atoms with E-state index in [4.69, 9.17) is 0 Å². The Labute approximate surface area is 231 Å². The minimum absolute atomic E-state index is 0.175. The highest BCUT2D eigenvalue weighted by atomic mass is 19.1. The summed E-state index contributed by atoms with van der Waals surface area (Å²) in [4.78, 5) is 29.3. The van der Waals surface area contributed by atoms with Crippen LogP contribution in [0.2, 0.25) is 0 Å². The number of phenolic OH excluding ortho intramolecular Hbond substituents is 1. The Morgan fingerprint density at radius 2 is 1.68 bits per heavy atom. The molecule has 7 rings (SSSR count). The van der Waals surface area contributed by atoms with E-state index in [1.165, 1.54) is 12.1 Å². The SMILES string of the molecule is O=C(Nc1cncc(-c2cc3c(-c4cc5c(-c6cc(O)cc(F)c6)nccc5[nH]4)n[nH]c3cn2)c1)c1ccccc1. The molecule has 0 fully saturated rings. The third-order valence-electron chi connectivity index (χ3n) is 6.73. The highest BCUT2D eigenvalue weighted by Crippen LogP contribution is 2.35. The maximum absolute atomic E-state index is 14.0. The number of nitrogens with one attached hydrogen (secondary N) is 3. The van der Waals surface area contributed by atoms with Gasteiger partial charge in [-0.2, -0.15) is 5.10 Å². The van der Waals surface area contributed by atoms with Gasteiger partial charge in [0.2, 0.25) is 0 Å². The number of aromatic nitrogens is 6. The summed E-state index contributed by atoms with van der Waals surface area (Å²) >= 11 is 0. The second-order valence-electron chi connectivity index (χ2n) is 9.47. The molecule has 0 aliphatic heterocycles. The first-order valence-corrected chi connectivity index (χ1v) is 12.7. The second-order valence-corrected chi connectivity index (χ2v) is 9.47. The third kappa shape index (κ3) is 4.53. The van der Waals surface area contributed by atoms with Crippen molar-refractivity contribution in [3.05, 3.63) is 109 Å². The largest absolute Gasteiger partial charge is 0.508 e. The molecule has 4 N–H and O–H groups in total. The van der Waals surface area contributed by atoms with E-state index in [0.29, 0.717) is 33.9 Å². The van der Waals surface area contributed by atoms with E-state index in [1.54, 1.807) is 36.9 Å². The van der Waals surface area contributed by atoms with Crippen LogP contribution in [-0.2, 0) is 0 Å². The predicted molar refractivity (Wildman–Crippen MR) is 154 cm³/mol. The van der Waals surface area contributed by atoms with E-state index in [-0.39, 0.29) is 11.7 Å². The summed E-state index contributed by atoms with van der Waals surface area (Å²) in [5.74, 6) is -0.955. The van der Waals surface area contributed by atoms with E-state index in [0.717, 1.165) is 39.1 Å². The number of hydrogen-bond donors (Lipinski definition) is 4. The first-order valence-electron chi connectivity index (χ1n) is 12.7. The van der Waals surface area contributed by atoms with Crippen molar-refractivity contribution < 1.29 is 14.3 Å². The van der Waals surface area contributed by atoms with Crippen LogP contribution in [0.25, 0.3) is 55.7 Å². The Hall–Kier alpha value is -5.90. The zero-order valence-electron chi connectivity index (χ0n) is 21.3. The Bertz CT molecular complexity index is 2070. The van der Waals surface area contributed by atoms with Crippen molar-refractivity contribution in [3.8, 4) is 39.7 Å².